The maximum atomic E-state index is 10.5. The van der Waals surface area contributed by atoms with Gasteiger partial charge in [0.1, 0.15) is 5.75 Å². The number of hydrogen-bond acceptors (Lipinski definition) is 4. The summed E-state index contributed by atoms with van der Waals surface area (Å²) >= 11 is 5.80. The van der Waals surface area contributed by atoms with Gasteiger partial charge >= 0.3 is 0 Å². The van der Waals surface area contributed by atoms with Crippen LogP contribution in [0.4, 0.5) is 0 Å². The van der Waals surface area contributed by atoms with E-state index in [2.05, 4.69) is 44.7 Å². The zero-order valence-corrected chi connectivity index (χ0v) is 19.3. The normalized spacial score (nSPS) is 17.9. The number of thiocarbonyl (C=S) groups is 1. The van der Waals surface area contributed by atoms with Crippen molar-refractivity contribution < 1.29 is 5.11 Å². The number of aromatic hydroxyl groups is 1. The van der Waals surface area contributed by atoms with Crippen molar-refractivity contribution in [1.82, 2.24) is 24.8 Å². The number of nitrogens with one attached hydrogen (secondary N) is 1. The molecule has 2 atom stereocenters. The predicted octanol–water partition coefficient (Wildman–Crippen LogP) is 4.76. The summed E-state index contributed by atoms with van der Waals surface area (Å²) in [5, 5.41) is 14.7. The smallest absolute Gasteiger partial charge is 0.170 e. The Bertz CT molecular complexity index is 1290. The topological polar surface area (TPSA) is 66.2 Å². The largest absolute Gasteiger partial charge is 0.506 e. The molecule has 166 valence electrons. The molecule has 33 heavy (non-hydrogen) atoms. The maximum absolute atomic E-state index is 10.5. The number of aromatic nitrogens is 3. The summed E-state index contributed by atoms with van der Waals surface area (Å²) in [6.45, 7) is 4.73. The first kappa shape index (κ1) is 21.2. The number of pyridine rings is 2. The fraction of sp³-hybridized carbons (Fsp3) is 0.192. The van der Waals surface area contributed by atoms with E-state index in [9.17, 15) is 5.11 Å². The average molecular weight is 456 g/mol. The third-order valence-electron chi connectivity index (χ3n) is 6.17. The zero-order valence-electron chi connectivity index (χ0n) is 18.5. The highest BCUT2D eigenvalue weighted by Crippen LogP contribution is 2.42. The Labute approximate surface area is 198 Å². The molecule has 1 aromatic carbocycles. The van der Waals surface area contributed by atoms with Crippen LogP contribution in [0.15, 0.2) is 79.1 Å². The minimum absolute atomic E-state index is 0.0831. The fourth-order valence-corrected chi connectivity index (χ4v) is 5.00. The van der Waals surface area contributed by atoms with E-state index in [0.29, 0.717) is 11.7 Å². The molecule has 0 bridgehead atoms. The van der Waals surface area contributed by atoms with Gasteiger partial charge in [0.05, 0.1) is 35.7 Å². The van der Waals surface area contributed by atoms with Crippen molar-refractivity contribution in [1.29, 1.82) is 0 Å². The molecule has 0 spiro atoms. The lowest BCUT2D eigenvalue weighted by Gasteiger charge is -2.28. The molecule has 0 unspecified atom stereocenters. The molecule has 1 fully saturated rings. The van der Waals surface area contributed by atoms with Crippen molar-refractivity contribution in [3.05, 3.63) is 107 Å². The van der Waals surface area contributed by atoms with Gasteiger partial charge < -0.3 is 19.9 Å². The van der Waals surface area contributed by atoms with Crippen molar-refractivity contribution in [3.63, 3.8) is 0 Å². The summed E-state index contributed by atoms with van der Waals surface area (Å²) in [5.41, 5.74) is 5.87. The van der Waals surface area contributed by atoms with Crippen molar-refractivity contribution in [2.24, 2.45) is 0 Å². The van der Waals surface area contributed by atoms with Crippen LogP contribution >= 0.6 is 12.2 Å². The molecule has 0 radical (unpaired) electrons. The predicted molar refractivity (Wildman–Crippen MR) is 132 cm³/mol. The highest BCUT2D eigenvalue weighted by molar-refractivity contribution is 7.80. The van der Waals surface area contributed by atoms with Crippen molar-refractivity contribution in [2.45, 2.75) is 32.5 Å². The fourth-order valence-electron chi connectivity index (χ4n) is 4.69. The van der Waals surface area contributed by atoms with Crippen LogP contribution in [0.25, 0.3) is 5.69 Å². The van der Waals surface area contributed by atoms with Crippen LogP contribution in [-0.4, -0.2) is 29.7 Å². The molecular weight excluding hydrogens is 430 g/mol. The highest BCUT2D eigenvalue weighted by Gasteiger charge is 2.41. The second-order valence-corrected chi connectivity index (χ2v) is 8.61. The van der Waals surface area contributed by atoms with E-state index in [-0.39, 0.29) is 17.8 Å². The second kappa shape index (κ2) is 8.67. The van der Waals surface area contributed by atoms with E-state index in [1.165, 1.54) is 0 Å². The third-order valence-corrected chi connectivity index (χ3v) is 6.52. The van der Waals surface area contributed by atoms with Crippen LogP contribution in [0, 0.1) is 13.8 Å². The van der Waals surface area contributed by atoms with Crippen LogP contribution < -0.4 is 5.32 Å². The minimum atomic E-state index is -0.110. The van der Waals surface area contributed by atoms with Gasteiger partial charge in [-0.1, -0.05) is 24.3 Å². The Hall–Kier alpha value is -3.71. The third kappa shape index (κ3) is 3.85. The Morgan fingerprint density at radius 2 is 1.70 bits per heavy atom. The van der Waals surface area contributed by atoms with E-state index in [0.717, 1.165) is 34.0 Å². The van der Waals surface area contributed by atoms with Crippen LogP contribution in [0.2, 0.25) is 0 Å². The first-order valence-electron chi connectivity index (χ1n) is 10.9. The standard InChI is InChI=1S/C26H25N5OS/c1-17-15-20(18(2)31(17)22-11-3-4-12-23(22)32)25-24(21-10-6-8-14-28-21)29-26(33)30(25)16-19-9-5-7-13-27-19/h3-15,24-25,32H,16H2,1-2H3,(H,29,33)/t24-,25+/m1/s1. The van der Waals surface area contributed by atoms with Crippen LogP contribution in [0.3, 0.4) is 0 Å². The molecule has 4 heterocycles. The molecule has 1 saturated heterocycles. The molecule has 7 heteroatoms. The molecular formula is C26H25N5OS. The summed E-state index contributed by atoms with van der Waals surface area (Å²) in [7, 11) is 0. The number of rotatable bonds is 5. The lowest BCUT2D eigenvalue weighted by molar-refractivity contribution is 0.307. The highest BCUT2D eigenvalue weighted by atomic mass is 32.1. The summed E-state index contributed by atoms with van der Waals surface area (Å²) in [5.74, 6) is 0.248. The van der Waals surface area contributed by atoms with Gasteiger partial charge in [-0.25, -0.2) is 0 Å². The van der Waals surface area contributed by atoms with E-state index < -0.39 is 0 Å². The molecule has 6 nitrogen and oxygen atoms in total. The van der Waals surface area contributed by atoms with E-state index in [1.54, 1.807) is 12.3 Å². The summed E-state index contributed by atoms with van der Waals surface area (Å²) in [4.78, 5) is 11.3. The maximum Gasteiger partial charge on any atom is 0.170 e. The van der Waals surface area contributed by atoms with Crippen LogP contribution in [0.5, 0.6) is 5.75 Å². The van der Waals surface area contributed by atoms with Crippen molar-refractivity contribution in [3.8, 4) is 11.4 Å². The Morgan fingerprint density at radius 1 is 0.970 bits per heavy atom. The number of phenols is 1. The van der Waals surface area contributed by atoms with Gasteiger partial charge in [0.15, 0.2) is 5.11 Å². The SMILES string of the molecule is Cc1cc([C@H]2[C@@H](c3ccccn3)NC(=S)N2Cc2ccccn2)c(C)n1-c1ccccc1O. The first-order valence-corrected chi connectivity index (χ1v) is 11.3. The van der Waals surface area contributed by atoms with Crippen molar-refractivity contribution >= 4 is 17.3 Å². The quantitative estimate of drug-likeness (QED) is 0.423. The summed E-state index contributed by atoms with van der Waals surface area (Å²) in [6.07, 6.45) is 3.61. The molecule has 1 aliphatic heterocycles. The lowest BCUT2D eigenvalue weighted by Crippen LogP contribution is -2.29. The van der Waals surface area contributed by atoms with Crippen molar-refractivity contribution in [2.75, 3.05) is 0 Å². The molecule has 0 aliphatic carbocycles. The number of hydrogen-bond donors (Lipinski definition) is 2. The first-order chi connectivity index (χ1) is 16.0. The zero-order chi connectivity index (χ0) is 22.9. The van der Waals surface area contributed by atoms with Gasteiger partial charge in [0, 0.05) is 23.8 Å². The van der Waals surface area contributed by atoms with Gasteiger partial charge in [-0.05, 0) is 74.1 Å². The average Bonchev–Trinajstić information content (AvgIpc) is 3.30. The lowest BCUT2D eigenvalue weighted by atomic mass is 9.96. The molecule has 5 rings (SSSR count). The van der Waals surface area contributed by atoms with Gasteiger partial charge in [-0.15, -0.1) is 0 Å². The summed E-state index contributed by atoms with van der Waals surface area (Å²) in [6, 6.07) is 21.3. The number of nitrogens with zero attached hydrogens (tertiary/aromatic N) is 4. The Morgan fingerprint density at radius 3 is 2.39 bits per heavy atom. The van der Waals surface area contributed by atoms with Gasteiger partial charge in [0.25, 0.3) is 0 Å². The molecule has 0 saturated carbocycles. The van der Waals surface area contributed by atoms with Gasteiger partial charge in [-0.3, -0.25) is 9.97 Å². The summed E-state index contributed by atoms with van der Waals surface area (Å²) < 4.78 is 2.10. The van der Waals surface area contributed by atoms with E-state index in [1.807, 2.05) is 60.8 Å². The van der Waals surface area contributed by atoms with E-state index in [4.69, 9.17) is 12.2 Å². The number of benzene rings is 1. The number of para-hydroxylation sites is 2. The molecule has 3 aromatic heterocycles. The minimum Gasteiger partial charge on any atom is -0.506 e. The Balaban J connectivity index is 1.63. The molecule has 0 amide bonds. The van der Waals surface area contributed by atoms with E-state index >= 15 is 0 Å². The van der Waals surface area contributed by atoms with Crippen LogP contribution in [-0.2, 0) is 6.54 Å². The molecule has 1 aliphatic rings. The van der Waals surface area contributed by atoms with Crippen LogP contribution in [0.1, 0.15) is 40.4 Å². The molecule has 4 aromatic rings. The number of aryl methyl sites for hydroxylation is 1. The Kier molecular flexibility index (Phi) is 5.56. The molecule has 2 N–H and O–H groups in total. The monoisotopic (exact) mass is 455 g/mol. The van der Waals surface area contributed by atoms with Gasteiger partial charge in [0.2, 0.25) is 0 Å². The number of phenolic OH excluding ortho intramolecular Hbond substituents is 1. The van der Waals surface area contributed by atoms with Gasteiger partial charge in [-0.2, -0.15) is 0 Å². The second-order valence-electron chi connectivity index (χ2n) is 8.23.